The highest BCUT2D eigenvalue weighted by Gasteiger charge is 2.39. The average molecular weight is 199 g/mol. The van der Waals surface area contributed by atoms with Crippen LogP contribution in [-0.4, -0.2) is 23.5 Å². The molecule has 0 aliphatic heterocycles. The predicted molar refractivity (Wildman–Crippen MR) is 57.3 cm³/mol. The Morgan fingerprint density at radius 3 is 2.79 bits per heavy atom. The van der Waals surface area contributed by atoms with Gasteiger partial charge in [0.15, 0.2) is 0 Å². The molecule has 1 fully saturated rings. The molecule has 1 N–H and O–H groups in total. The Morgan fingerprint density at radius 2 is 2.29 bits per heavy atom. The minimum absolute atomic E-state index is 0.202. The van der Waals surface area contributed by atoms with Crippen molar-refractivity contribution in [2.45, 2.75) is 52.6 Å². The normalized spacial score (nSPS) is 28.3. The molecule has 0 spiro atoms. The lowest BCUT2D eigenvalue weighted by Gasteiger charge is -2.22. The maximum absolute atomic E-state index is 9.69. The third-order valence-electron chi connectivity index (χ3n) is 3.00. The highest BCUT2D eigenvalue weighted by molar-refractivity contribution is 5.91. The molecule has 82 valence electrons. The fourth-order valence-corrected chi connectivity index (χ4v) is 1.64. The lowest BCUT2D eigenvalue weighted by atomic mass is 9.88. The first-order chi connectivity index (χ1) is 6.59. The van der Waals surface area contributed by atoms with Gasteiger partial charge < -0.3 is 9.94 Å². The molecule has 1 saturated carbocycles. The van der Waals surface area contributed by atoms with Crippen LogP contribution in [0.2, 0.25) is 0 Å². The molecule has 3 heteroatoms. The summed E-state index contributed by atoms with van der Waals surface area (Å²) in [6.07, 6.45) is 3.57. The minimum Gasteiger partial charge on any atom is -0.396 e. The van der Waals surface area contributed by atoms with Crippen LogP contribution in [-0.2, 0) is 4.84 Å². The third-order valence-corrected chi connectivity index (χ3v) is 3.00. The van der Waals surface area contributed by atoms with E-state index in [1.165, 1.54) is 0 Å². The SMILES string of the molecule is CCCCO/N=C1\CC[C@H](O)C1(C)C. The van der Waals surface area contributed by atoms with Crippen molar-refractivity contribution in [2.24, 2.45) is 10.6 Å². The van der Waals surface area contributed by atoms with Crippen LogP contribution in [0.1, 0.15) is 46.5 Å². The van der Waals surface area contributed by atoms with Gasteiger partial charge in [0.2, 0.25) is 0 Å². The van der Waals surface area contributed by atoms with E-state index in [4.69, 9.17) is 4.84 Å². The molecule has 3 nitrogen and oxygen atoms in total. The Bertz CT molecular complexity index is 211. The van der Waals surface area contributed by atoms with E-state index >= 15 is 0 Å². The predicted octanol–water partition coefficient (Wildman–Crippen LogP) is 2.34. The summed E-state index contributed by atoms with van der Waals surface area (Å²) in [5, 5.41) is 13.8. The number of hydrogen-bond acceptors (Lipinski definition) is 3. The molecular formula is C11H21NO2. The molecule has 0 heterocycles. The average Bonchev–Trinajstić information content (AvgIpc) is 2.38. The summed E-state index contributed by atoms with van der Waals surface area (Å²) in [5.74, 6) is 0. The lowest BCUT2D eigenvalue weighted by molar-refractivity contribution is 0.0995. The monoisotopic (exact) mass is 199 g/mol. The zero-order valence-electron chi connectivity index (χ0n) is 9.42. The summed E-state index contributed by atoms with van der Waals surface area (Å²) in [6, 6.07) is 0. The van der Waals surface area contributed by atoms with Crippen LogP contribution in [0.25, 0.3) is 0 Å². The van der Waals surface area contributed by atoms with E-state index in [1.807, 2.05) is 13.8 Å². The second-order valence-corrected chi connectivity index (χ2v) is 4.50. The zero-order chi connectivity index (χ0) is 10.6. The van der Waals surface area contributed by atoms with Crippen LogP contribution < -0.4 is 0 Å². The van der Waals surface area contributed by atoms with Crippen molar-refractivity contribution < 1.29 is 9.94 Å². The number of oxime groups is 1. The van der Waals surface area contributed by atoms with Gasteiger partial charge in [-0.1, -0.05) is 32.3 Å². The van der Waals surface area contributed by atoms with Gasteiger partial charge >= 0.3 is 0 Å². The molecule has 0 aromatic heterocycles. The van der Waals surface area contributed by atoms with Crippen LogP contribution in [0.5, 0.6) is 0 Å². The van der Waals surface area contributed by atoms with Gasteiger partial charge in [0.25, 0.3) is 0 Å². The first kappa shape index (κ1) is 11.5. The first-order valence-electron chi connectivity index (χ1n) is 5.46. The molecule has 1 atom stereocenters. The summed E-state index contributed by atoms with van der Waals surface area (Å²) in [5.41, 5.74) is 0.799. The van der Waals surface area contributed by atoms with Gasteiger partial charge in [-0.15, -0.1) is 0 Å². The molecule has 0 radical (unpaired) electrons. The van der Waals surface area contributed by atoms with Crippen LogP contribution in [0.4, 0.5) is 0 Å². The van der Waals surface area contributed by atoms with Crippen molar-refractivity contribution in [3.8, 4) is 0 Å². The van der Waals surface area contributed by atoms with Crippen LogP contribution in [0.3, 0.4) is 0 Å². The van der Waals surface area contributed by atoms with E-state index in [2.05, 4.69) is 12.1 Å². The fourth-order valence-electron chi connectivity index (χ4n) is 1.64. The Morgan fingerprint density at radius 1 is 1.57 bits per heavy atom. The lowest BCUT2D eigenvalue weighted by Crippen LogP contribution is -2.29. The summed E-state index contributed by atoms with van der Waals surface area (Å²) in [6.45, 7) is 6.85. The van der Waals surface area contributed by atoms with Gasteiger partial charge in [-0.2, -0.15) is 0 Å². The Balaban J connectivity index is 2.44. The van der Waals surface area contributed by atoms with E-state index < -0.39 is 0 Å². The molecule has 1 aliphatic rings. The van der Waals surface area contributed by atoms with Crippen molar-refractivity contribution in [2.75, 3.05) is 6.61 Å². The molecule has 1 aliphatic carbocycles. The Hall–Kier alpha value is -0.570. The summed E-state index contributed by atoms with van der Waals surface area (Å²) in [7, 11) is 0. The summed E-state index contributed by atoms with van der Waals surface area (Å²) in [4.78, 5) is 5.22. The largest absolute Gasteiger partial charge is 0.396 e. The van der Waals surface area contributed by atoms with Gasteiger partial charge in [0, 0.05) is 5.41 Å². The molecular weight excluding hydrogens is 178 g/mol. The van der Waals surface area contributed by atoms with Gasteiger partial charge in [0.1, 0.15) is 6.61 Å². The zero-order valence-corrected chi connectivity index (χ0v) is 9.42. The summed E-state index contributed by atoms with van der Waals surface area (Å²) >= 11 is 0. The van der Waals surface area contributed by atoms with E-state index in [1.54, 1.807) is 0 Å². The highest BCUT2D eigenvalue weighted by Crippen LogP contribution is 2.35. The molecule has 0 aromatic rings. The van der Waals surface area contributed by atoms with E-state index in [-0.39, 0.29) is 11.5 Å². The van der Waals surface area contributed by atoms with E-state index in [0.29, 0.717) is 6.61 Å². The van der Waals surface area contributed by atoms with Gasteiger partial charge in [-0.3, -0.25) is 0 Å². The number of aliphatic hydroxyl groups excluding tert-OH is 1. The van der Waals surface area contributed by atoms with Crippen molar-refractivity contribution in [1.82, 2.24) is 0 Å². The Labute approximate surface area is 86.1 Å². The number of aliphatic hydroxyl groups is 1. The smallest absolute Gasteiger partial charge is 0.117 e. The number of hydrogen-bond donors (Lipinski definition) is 1. The van der Waals surface area contributed by atoms with Gasteiger partial charge in [-0.25, -0.2) is 0 Å². The van der Waals surface area contributed by atoms with E-state index in [0.717, 1.165) is 31.4 Å². The number of nitrogens with zero attached hydrogens (tertiary/aromatic N) is 1. The quantitative estimate of drug-likeness (QED) is 0.557. The second kappa shape index (κ2) is 4.78. The molecule has 0 unspecified atom stereocenters. The second-order valence-electron chi connectivity index (χ2n) is 4.50. The van der Waals surface area contributed by atoms with Crippen molar-refractivity contribution in [3.63, 3.8) is 0 Å². The molecule has 0 bridgehead atoms. The van der Waals surface area contributed by atoms with Gasteiger partial charge in [-0.05, 0) is 19.3 Å². The van der Waals surface area contributed by atoms with Crippen LogP contribution in [0.15, 0.2) is 5.16 Å². The van der Waals surface area contributed by atoms with E-state index in [9.17, 15) is 5.11 Å². The topological polar surface area (TPSA) is 41.8 Å². The number of rotatable bonds is 4. The first-order valence-corrected chi connectivity index (χ1v) is 5.46. The maximum Gasteiger partial charge on any atom is 0.117 e. The highest BCUT2D eigenvalue weighted by atomic mass is 16.6. The van der Waals surface area contributed by atoms with Gasteiger partial charge in [0.05, 0.1) is 11.8 Å². The fraction of sp³-hybridized carbons (Fsp3) is 0.909. The molecule has 0 aromatic carbocycles. The van der Waals surface area contributed by atoms with Crippen molar-refractivity contribution in [1.29, 1.82) is 0 Å². The maximum atomic E-state index is 9.69. The molecule has 0 saturated heterocycles. The minimum atomic E-state index is -0.268. The molecule has 0 amide bonds. The number of unbranched alkanes of at least 4 members (excludes halogenated alkanes) is 1. The summed E-state index contributed by atoms with van der Waals surface area (Å²) < 4.78 is 0. The molecule has 1 rings (SSSR count). The van der Waals surface area contributed by atoms with Crippen LogP contribution in [0, 0.1) is 5.41 Å². The molecule has 14 heavy (non-hydrogen) atoms. The third kappa shape index (κ3) is 2.47. The Kier molecular flexibility index (Phi) is 3.93. The van der Waals surface area contributed by atoms with Crippen molar-refractivity contribution in [3.05, 3.63) is 0 Å². The standard InChI is InChI=1S/C11H21NO2/c1-4-5-8-14-12-9-6-7-10(13)11(9,2)3/h10,13H,4-8H2,1-3H3/b12-9+/t10-/m0/s1. The van der Waals surface area contributed by atoms with Crippen molar-refractivity contribution >= 4 is 5.71 Å². The van der Waals surface area contributed by atoms with Crippen LogP contribution >= 0.6 is 0 Å².